The number of ether oxygens (including phenoxy) is 1. The van der Waals surface area contributed by atoms with Crippen LogP contribution < -0.4 is 5.32 Å². The largest absolute Gasteiger partial charge is 0.467 e. The van der Waals surface area contributed by atoms with Gasteiger partial charge in [-0.25, -0.2) is 4.79 Å². The molecule has 17 heavy (non-hydrogen) atoms. The summed E-state index contributed by atoms with van der Waals surface area (Å²) in [5.41, 5.74) is -0.919. The highest BCUT2D eigenvalue weighted by Gasteiger charge is 2.31. The summed E-state index contributed by atoms with van der Waals surface area (Å²) in [7, 11) is 1.23. The van der Waals surface area contributed by atoms with E-state index < -0.39 is 11.6 Å². The summed E-state index contributed by atoms with van der Waals surface area (Å²) in [6.45, 7) is 1.41. The Bertz CT molecular complexity index is 423. The van der Waals surface area contributed by atoms with Crippen molar-refractivity contribution in [3.63, 3.8) is 0 Å². The SMILES string of the molecule is COC(=O)C(C)(O)CNc1ccc(I)cc1Cl. The first-order valence-electron chi connectivity index (χ1n) is 4.86. The van der Waals surface area contributed by atoms with Crippen LogP contribution in [0.5, 0.6) is 0 Å². The number of carbonyl (C=O) groups excluding carboxylic acids is 1. The molecular formula is C11H13ClINO3. The fraction of sp³-hybridized carbons (Fsp3) is 0.364. The van der Waals surface area contributed by atoms with Crippen molar-refractivity contribution < 1.29 is 14.6 Å². The molecule has 0 bridgehead atoms. The Morgan fingerprint density at radius 2 is 2.29 bits per heavy atom. The van der Waals surface area contributed by atoms with Gasteiger partial charge in [0.15, 0.2) is 5.60 Å². The van der Waals surface area contributed by atoms with Crippen molar-refractivity contribution in [1.82, 2.24) is 0 Å². The lowest BCUT2D eigenvalue weighted by Crippen LogP contribution is -2.42. The Kier molecular flexibility index (Phi) is 5.03. The first-order valence-corrected chi connectivity index (χ1v) is 6.32. The predicted octanol–water partition coefficient (Wildman–Crippen LogP) is 2.28. The lowest BCUT2D eigenvalue weighted by atomic mass is 10.1. The minimum absolute atomic E-state index is 0.0278. The van der Waals surface area contributed by atoms with Crippen LogP contribution in [0, 0.1) is 3.57 Å². The van der Waals surface area contributed by atoms with Crippen molar-refractivity contribution in [2.45, 2.75) is 12.5 Å². The molecule has 0 aliphatic heterocycles. The monoisotopic (exact) mass is 369 g/mol. The molecule has 0 fully saturated rings. The molecule has 4 nitrogen and oxygen atoms in total. The second-order valence-corrected chi connectivity index (χ2v) is 5.40. The van der Waals surface area contributed by atoms with E-state index in [4.69, 9.17) is 11.6 Å². The van der Waals surface area contributed by atoms with E-state index in [2.05, 4.69) is 32.6 Å². The summed E-state index contributed by atoms with van der Waals surface area (Å²) in [4.78, 5) is 11.2. The van der Waals surface area contributed by atoms with Gasteiger partial charge in [0.2, 0.25) is 0 Å². The lowest BCUT2D eigenvalue weighted by molar-refractivity contribution is -0.158. The Balaban J connectivity index is 2.70. The average molecular weight is 370 g/mol. The van der Waals surface area contributed by atoms with Crippen molar-refractivity contribution in [2.24, 2.45) is 0 Å². The third kappa shape index (κ3) is 4.01. The van der Waals surface area contributed by atoms with Crippen LogP contribution in [-0.4, -0.2) is 30.3 Å². The van der Waals surface area contributed by atoms with Gasteiger partial charge in [0.1, 0.15) is 0 Å². The number of hydrogen-bond acceptors (Lipinski definition) is 4. The molecule has 1 aromatic carbocycles. The van der Waals surface area contributed by atoms with Gasteiger partial charge in [0, 0.05) is 3.57 Å². The van der Waals surface area contributed by atoms with Gasteiger partial charge < -0.3 is 15.2 Å². The summed E-state index contributed by atoms with van der Waals surface area (Å²) in [5, 5.41) is 13.3. The Labute approximate surface area is 118 Å². The van der Waals surface area contributed by atoms with Crippen molar-refractivity contribution in [1.29, 1.82) is 0 Å². The zero-order valence-corrected chi connectivity index (χ0v) is 12.4. The zero-order chi connectivity index (χ0) is 13.1. The number of benzene rings is 1. The molecule has 0 amide bonds. The van der Waals surface area contributed by atoms with Gasteiger partial charge in [0.25, 0.3) is 0 Å². The van der Waals surface area contributed by atoms with Gasteiger partial charge in [-0.1, -0.05) is 11.6 Å². The van der Waals surface area contributed by atoms with E-state index in [9.17, 15) is 9.90 Å². The van der Waals surface area contributed by atoms with Crippen molar-refractivity contribution in [3.8, 4) is 0 Å². The Morgan fingerprint density at radius 3 is 2.82 bits per heavy atom. The van der Waals surface area contributed by atoms with Crippen molar-refractivity contribution in [2.75, 3.05) is 19.0 Å². The van der Waals surface area contributed by atoms with Crippen LogP contribution in [0.25, 0.3) is 0 Å². The van der Waals surface area contributed by atoms with Crippen LogP contribution >= 0.6 is 34.2 Å². The van der Waals surface area contributed by atoms with Gasteiger partial charge in [0.05, 0.1) is 24.4 Å². The van der Waals surface area contributed by atoms with Crippen LogP contribution in [0.15, 0.2) is 18.2 Å². The maximum atomic E-state index is 11.2. The first-order chi connectivity index (χ1) is 7.86. The van der Waals surface area contributed by atoms with Crippen LogP contribution in [0.1, 0.15) is 6.92 Å². The maximum Gasteiger partial charge on any atom is 0.339 e. The van der Waals surface area contributed by atoms with Crippen molar-refractivity contribution in [3.05, 3.63) is 26.8 Å². The normalized spacial score (nSPS) is 13.9. The molecule has 2 N–H and O–H groups in total. The minimum Gasteiger partial charge on any atom is -0.467 e. The third-order valence-electron chi connectivity index (χ3n) is 2.18. The van der Waals surface area contributed by atoms with Gasteiger partial charge >= 0.3 is 5.97 Å². The number of esters is 1. The summed E-state index contributed by atoms with van der Waals surface area (Å²) in [6.07, 6.45) is 0. The molecule has 0 saturated carbocycles. The second kappa shape index (κ2) is 5.88. The van der Waals surface area contributed by atoms with E-state index in [1.807, 2.05) is 6.07 Å². The molecule has 94 valence electrons. The number of rotatable bonds is 4. The highest BCUT2D eigenvalue weighted by molar-refractivity contribution is 14.1. The summed E-state index contributed by atoms with van der Waals surface area (Å²) < 4.78 is 5.50. The quantitative estimate of drug-likeness (QED) is 0.631. The van der Waals surface area contributed by atoms with Crippen LogP contribution in [-0.2, 0) is 9.53 Å². The summed E-state index contributed by atoms with van der Waals surface area (Å²) in [5.74, 6) is -0.688. The number of halogens is 2. The van der Waals surface area contributed by atoms with E-state index in [1.54, 1.807) is 12.1 Å². The second-order valence-electron chi connectivity index (χ2n) is 3.74. The van der Waals surface area contributed by atoms with Gasteiger partial charge in [-0.2, -0.15) is 0 Å². The number of aliphatic hydroxyl groups is 1. The molecule has 1 unspecified atom stereocenters. The van der Waals surface area contributed by atoms with E-state index in [0.29, 0.717) is 10.7 Å². The zero-order valence-electron chi connectivity index (χ0n) is 9.46. The van der Waals surface area contributed by atoms with E-state index in [1.165, 1.54) is 14.0 Å². The lowest BCUT2D eigenvalue weighted by Gasteiger charge is -2.21. The average Bonchev–Trinajstić information content (AvgIpc) is 2.26. The minimum atomic E-state index is -1.58. The smallest absolute Gasteiger partial charge is 0.339 e. The third-order valence-corrected chi connectivity index (χ3v) is 3.16. The first kappa shape index (κ1) is 14.5. The summed E-state index contributed by atoms with van der Waals surface area (Å²) in [6, 6.07) is 5.45. The van der Waals surface area contributed by atoms with Crippen molar-refractivity contribution >= 4 is 45.8 Å². The van der Waals surface area contributed by atoms with Gasteiger partial charge in [-0.3, -0.25) is 0 Å². The fourth-order valence-electron chi connectivity index (χ4n) is 1.19. The molecule has 1 aromatic rings. The molecule has 0 saturated heterocycles. The molecule has 0 aliphatic rings. The molecule has 1 atom stereocenters. The number of anilines is 1. The van der Waals surface area contributed by atoms with Crippen LogP contribution in [0.4, 0.5) is 5.69 Å². The molecule has 1 rings (SSSR count). The number of methoxy groups -OCH3 is 1. The molecule has 0 aromatic heterocycles. The van der Waals surface area contributed by atoms with E-state index in [-0.39, 0.29) is 6.54 Å². The molecule has 0 spiro atoms. The number of hydrogen-bond donors (Lipinski definition) is 2. The van der Waals surface area contributed by atoms with Gasteiger partial charge in [-0.15, -0.1) is 0 Å². The Hall–Kier alpha value is -0.530. The number of nitrogens with one attached hydrogen (secondary N) is 1. The predicted molar refractivity (Wildman–Crippen MR) is 75.3 cm³/mol. The van der Waals surface area contributed by atoms with Gasteiger partial charge in [-0.05, 0) is 47.7 Å². The maximum absolute atomic E-state index is 11.2. The highest BCUT2D eigenvalue weighted by atomic mass is 127. The Morgan fingerprint density at radius 1 is 1.65 bits per heavy atom. The standard InChI is InChI=1S/C11H13ClINO3/c1-11(16,10(15)17-2)6-14-9-4-3-7(13)5-8(9)12/h3-5,14,16H,6H2,1-2H3. The molecule has 0 heterocycles. The van der Waals surface area contributed by atoms with E-state index in [0.717, 1.165) is 3.57 Å². The topological polar surface area (TPSA) is 58.6 Å². The van der Waals surface area contributed by atoms with E-state index >= 15 is 0 Å². The summed E-state index contributed by atoms with van der Waals surface area (Å²) >= 11 is 8.15. The van der Waals surface area contributed by atoms with Crippen LogP contribution in [0.3, 0.4) is 0 Å². The van der Waals surface area contributed by atoms with Crippen LogP contribution in [0.2, 0.25) is 5.02 Å². The molecule has 6 heteroatoms. The molecule has 0 aliphatic carbocycles. The molecule has 0 radical (unpaired) electrons. The molecular weight excluding hydrogens is 356 g/mol. The number of carbonyl (C=O) groups is 1. The fourth-order valence-corrected chi connectivity index (χ4v) is 2.11. The highest BCUT2D eigenvalue weighted by Crippen LogP contribution is 2.24.